The Balaban J connectivity index is 1.79. The van der Waals surface area contributed by atoms with E-state index in [-0.39, 0.29) is 18.5 Å². The Labute approximate surface area is 115 Å². The lowest BCUT2D eigenvalue weighted by molar-refractivity contribution is 0.0454. The fourth-order valence-corrected chi connectivity index (χ4v) is 1.89. The molecule has 0 bridgehead atoms. The largest absolute Gasteiger partial charge is 0.486 e. The van der Waals surface area contributed by atoms with Gasteiger partial charge < -0.3 is 19.3 Å². The molecule has 4 nitrogen and oxygen atoms in total. The maximum atomic E-state index is 12.8. The Morgan fingerprint density at radius 3 is 2.60 bits per heavy atom. The van der Waals surface area contributed by atoms with E-state index in [2.05, 4.69) is 0 Å². The summed E-state index contributed by atoms with van der Waals surface area (Å²) in [7, 11) is 0. The number of rotatable bonds is 3. The minimum absolute atomic E-state index is 0.109. The molecule has 1 N–H and O–H groups in total. The number of benzene rings is 2. The molecule has 0 aliphatic carbocycles. The number of ether oxygens (including phenoxy) is 3. The van der Waals surface area contributed by atoms with Gasteiger partial charge in [-0.1, -0.05) is 0 Å². The van der Waals surface area contributed by atoms with E-state index in [1.165, 1.54) is 12.1 Å². The van der Waals surface area contributed by atoms with Gasteiger partial charge in [-0.15, -0.1) is 0 Å². The van der Waals surface area contributed by atoms with Crippen LogP contribution in [0.5, 0.6) is 23.0 Å². The molecule has 2 aromatic rings. The maximum Gasteiger partial charge on any atom is 0.165 e. The van der Waals surface area contributed by atoms with Crippen molar-refractivity contribution in [3.05, 3.63) is 48.3 Å². The van der Waals surface area contributed by atoms with Gasteiger partial charge in [-0.2, -0.15) is 0 Å². The lowest BCUT2D eigenvalue weighted by Gasteiger charge is -2.25. The van der Waals surface area contributed by atoms with Gasteiger partial charge in [-0.05, 0) is 36.4 Å². The van der Waals surface area contributed by atoms with Crippen LogP contribution >= 0.6 is 0 Å². The second-order valence-electron chi connectivity index (χ2n) is 4.40. The van der Waals surface area contributed by atoms with E-state index in [9.17, 15) is 4.39 Å². The lowest BCUT2D eigenvalue weighted by atomic mass is 10.2. The van der Waals surface area contributed by atoms with Crippen LogP contribution in [0.3, 0.4) is 0 Å². The number of aliphatic hydroxyl groups is 1. The molecular weight excluding hydrogens is 263 g/mol. The van der Waals surface area contributed by atoms with Crippen molar-refractivity contribution in [3.8, 4) is 23.0 Å². The van der Waals surface area contributed by atoms with Crippen molar-refractivity contribution in [2.75, 3.05) is 13.2 Å². The summed E-state index contributed by atoms with van der Waals surface area (Å²) in [5.74, 6) is 1.90. The molecule has 3 rings (SSSR count). The number of hydrogen-bond donors (Lipinski definition) is 1. The van der Waals surface area contributed by atoms with Crippen LogP contribution in [0, 0.1) is 5.82 Å². The molecule has 0 amide bonds. The Hall–Kier alpha value is -2.27. The third kappa shape index (κ3) is 2.67. The predicted octanol–water partition coefficient (Wildman–Crippen LogP) is 2.75. The van der Waals surface area contributed by atoms with Crippen molar-refractivity contribution >= 4 is 0 Å². The van der Waals surface area contributed by atoms with Gasteiger partial charge in [0.1, 0.15) is 23.9 Å². The van der Waals surface area contributed by atoms with E-state index in [1.807, 2.05) is 0 Å². The Kier molecular flexibility index (Phi) is 3.43. The quantitative estimate of drug-likeness (QED) is 0.936. The van der Waals surface area contributed by atoms with E-state index in [0.29, 0.717) is 29.6 Å². The van der Waals surface area contributed by atoms with Crippen molar-refractivity contribution in [1.82, 2.24) is 0 Å². The lowest BCUT2D eigenvalue weighted by Crippen LogP contribution is -2.32. The molecule has 5 heteroatoms. The predicted molar refractivity (Wildman–Crippen MR) is 69.9 cm³/mol. The second-order valence-corrected chi connectivity index (χ2v) is 4.40. The van der Waals surface area contributed by atoms with Crippen LogP contribution in [0.2, 0.25) is 0 Å². The summed E-state index contributed by atoms with van der Waals surface area (Å²) in [6, 6.07) is 10.9. The monoisotopic (exact) mass is 276 g/mol. The Morgan fingerprint density at radius 2 is 1.85 bits per heavy atom. The molecule has 0 fully saturated rings. The molecule has 0 spiro atoms. The highest BCUT2D eigenvalue weighted by Gasteiger charge is 2.20. The van der Waals surface area contributed by atoms with Crippen LogP contribution in [-0.4, -0.2) is 24.4 Å². The van der Waals surface area contributed by atoms with E-state index in [1.54, 1.807) is 30.3 Å². The van der Waals surface area contributed by atoms with Gasteiger partial charge in [-0.3, -0.25) is 0 Å². The van der Waals surface area contributed by atoms with Crippen LogP contribution in [0.1, 0.15) is 0 Å². The van der Waals surface area contributed by atoms with Crippen molar-refractivity contribution < 1.29 is 23.7 Å². The Morgan fingerprint density at radius 1 is 1.10 bits per heavy atom. The minimum Gasteiger partial charge on any atom is -0.486 e. The van der Waals surface area contributed by atoms with Crippen LogP contribution in [-0.2, 0) is 0 Å². The number of halogens is 1. The SMILES string of the molecule is OCC1COc2ccc(Oc3ccc(F)cc3)cc2O1. The van der Waals surface area contributed by atoms with E-state index < -0.39 is 0 Å². The zero-order chi connectivity index (χ0) is 13.9. The van der Waals surface area contributed by atoms with E-state index >= 15 is 0 Å². The molecule has 1 unspecified atom stereocenters. The molecule has 20 heavy (non-hydrogen) atoms. The average Bonchev–Trinajstić information content (AvgIpc) is 2.49. The number of hydrogen-bond acceptors (Lipinski definition) is 4. The summed E-state index contributed by atoms with van der Waals surface area (Å²) in [4.78, 5) is 0. The molecule has 1 aliphatic rings. The number of fused-ring (bicyclic) bond motifs is 1. The molecule has 1 aliphatic heterocycles. The van der Waals surface area contributed by atoms with Gasteiger partial charge in [0, 0.05) is 6.07 Å². The first-order chi connectivity index (χ1) is 9.74. The molecule has 1 atom stereocenters. The van der Waals surface area contributed by atoms with Crippen LogP contribution in [0.25, 0.3) is 0 Å². The number of aliphatic hydroxyl groups excluding tert-OH is 1. The highest BCUT2D eigenvalue weighted by molar-refractivity contribution is 5.47. The third-order valence-electron chi connectivity index (χ3n) is 2.89. The highest BCUT2D eigenvalue weighted by Crippen LogP contribution is 2.36. The highest BCUT2D eigenvalue weighted by atomic mass is 19.1. The molecule has 0 saturated heterocycles. The third-order valence-corrected chi connectivity index (χ3v) is 2.89. The fraction of sp³-hybridized carbons (Fsp3) is 0.200. The van der Waals surface area contributed by atoms with Gasteiger partial charge in [0.15, 0.2) is 17.6 Å². The molecular formula is C15H13FO4. The molecule has 2 aromatic carbocycles. The summed E-state index contributed by atoms with van der Waals surface area (Å²) < 4.78 is 29.4. The van der Waals surface area contributed by atoms with Gasteiger partial charge in [-0.25, -0.2) is 4.39 Å². The van der Waals surface area contributed by atoms with Gasteiger partial charge in [0.05, 0.1) is 6.61 Å². The zero-order valence-electron chi connectivity index (χ0n) is 10.6. The normalized spacial score (nSPS) is 16.8. The van der Waals surface area contributed by atoms with Crippen LogP contribution in [0.4, 0.5) is 4.39 Å². The van der Waals surface area contributed by atoms with Crippen molar-refractivity contribution in [2.24, 2.45) is 0 Å². The summed E-state index contributed by atoms with van der Waals surface area (Å²) in [6.45, 7) is 0.212. The second kappa shape index (κ2) is 5.38. The molecule has 0 aromatic heterocycles. The molecule has 1 heterocycles. The van der Waals surface area contributed by atoms with Crippen LogP contribution < -0.4 is 14.2 Å². The Bertz CT molecular complexity index is 597. The van der Waals surface area contributed by atoms with E-state index in [4.69, 9.17) is 19.3 Å². The first-order valence-electron chi connectivity index (χ1n) is 6.22. The first-order valence-corrected chi connectivity index (χ1v) is 6.22. The molecule has 0 saturated carbocycles. The van der Waals surface area contributed by atoms with Crippen molar-refractivity contribution in [3.63, 3.8) is 0 Å². The maximum absolute atomic E-state index is 12.8. The smallest absolute Gasteiger partial charge is 0.165 e. The van der Waals surface area contributed by atoms with Crippen LogP contribution in [0.15, 0.2) is 42.5 Å². The summed E-state index contributed by atoms with van der Waals surface area (Å²) in [5.41, 5.74) is 0. The molecule has 104 valence electrons. The van der Waals surface area contributed by atoms with Crippen molar-refractivity contribution in [2.45, 2.75) is 6.10 Å². The van der Waals surface area contributed by atoms with Crippen molar-refractivity contribution in [1.29, 1.82) is 0 Å². The topological polar surface area (TPSA) is 47.9 Å². The summed E-state index contributed by atoms with van der Waals surface area (Å²) in [6.07, 6.45) is -0.372. The summed E-state index contributed by atoms with van der Waals surface area (Å²) in [5, 5.41) is 9.08. The standard InChI is InChI=1S/C15H13FO4/c16-10-1-3-11(4-2-10)19-12-5-6-14-15(7-12)20-13(8-17)9-18-14/h1-7,13,17H,8-9H2. The van der Waals surface area contributed by atoms with Gasteiger partial charge in [0.2, 0.25) is 0 Å². The fourth-order valence-electron chi connectivity index (χ4n) is 1.89. The zero-order valence-corrected chi connectivity index (χ0v) is 10.6. The minimum atomic E-state index is -0.372. The summed E-state index contributed by atoms with van der Waals surface area (Å²) >= 11 is 0. The first kappa shape index (κ1) is 12.7. The van der Waals surface area contributed by atoms with Gasteiger partial charge >= 0.3 is 0 Å². The molecule has 0 radical (unpaired) electrons. The van der Waals surface area contributed by atoms with Gasteiger partial charge in [0.25, 0.3) is 0 Å². The van der Waals surface area contributed by atoms with E-state index in [0.717, 1.165) is 0 Å². The average molecular weight is 276 g/mol.